The largest absolute Gasteiger partial charge is 0.316 e. The third-order valence-corrected chi connectivity index (χ3v) is 3.70. The Morgan fingerprint density at radius 3 is 2.37 bits per heavy atom. The van der Waals surface area contributed by atoms with Gasteiger partial charge in [-0.15, -0.1) is 0 Å². The maximum Gasteiger partial charge on any atom is -0.00204 e. The van der Waals surface area contributed by atoms with E-state index in [-0.39, 0.29) is 0 Å². The summed E-state index contributed by atoms with van der Waals surface area (Å²) in [5.41, 5.74) is 1.48. The zero-order valence-electron chi connectivity index (χ0n) is 13.0. The Kier molecular flexibility index (Phi) is 8.57. The van der Waals surface area contributed by atoms with Crippen LogP contribution in [0.15, 0.2) is 30.3 Å². The van der Waals surface area contributed by atoms with Crippen molar-refractivity contribution in [1.82, 2.24) is 5.32 Å². The van der Waals surface area contributed by atoms with E-state index in [0.717, 1.165) is 18.4 Å². The Morgan fingerprint density at radius 2 is 1.74 bits per heavy atom. The minimum absolute atomic E-state index is 0.824. The molecule has 0 heterocycles. The number of rotatable bonds is 10. The number of aryl methyl sites for hydroxylation is 1. The first kappa shape index (κ1) is 16.2. The molecule has 1 atom stereocenters. The topological polar surface area (TPSA) is 12.0 Å². The van der Waals surface area contributed by atoms with Crippen LogP contribution in [0.2, 0.25) is 0 Å². The summed E-state index contributed by atoms with van der Waals surface area (Å²) in [5, 5.41) is 3.60. The van der Waals surface area contributed by atoms with Gasteiger partial charge in [0.05, 0.1) is 0 Å². The molecule has 1 rings (SSSR count). The molecule has 0 aliphatic rings. The lowest BCUT2D eigenvalue weighted by atomic mass is 9.92. The fraction of sp³-hybridized carbons (Fsp3) is 0.667. The fourth-order valence-corrected chi connectivity index (χ4v) is 2.42. The van der Waals surface area contributed by atoms with Crippen molar-refractivity contribution < 1.29 is 0 Å². The molecule has 0 amide bonds. The molecular formula is C18H31N. The number of hydrogen-bond acceptors (Lipinski definition) is 1. The van der Waals surface area contributed by atoms with Gasteiger partial charge in [-0.2, -0.15) is 0 Å². The summed E-state index contributed by atoms with van der Waals surface area (Å²) in [7, 11) is 0. The highest BCUT2D eigenvalue weighted by Crippen LogP contribution is 2.17. The van der Waals surface area contributed by atoms with E-state index in [4.69, 9.17) is 0 Å². The summed E-state index contributed by atoms with van der Waals surface area (Å²) in [6.45, 7) is 9.23. The van der Waals surface area contributed by atoms with E-state index in [2.05, 4.69) is 56.4 Å². The van der Waals surface area contributed by atoms with Gasteiger partial charge in [-0.1, -0.05) is 57.5 Å². The first-order valence-corrected chi connectivity index (χ1v) is 7.97. The molecule has 1 N–H and O–H groups in total. The number of benzene rings is 1. The molecule has 0 fully saturated rings. The van der Waals surface area contributed by atoms with E-state index >= 15 is 0 Å². The summed E-state index contributed by atoms with van der Waals surface area (Å²) >= 11 is 0. The Morgan fingerprint density at radius 1 is 1.00 bits per heavy atom. The van der Waals surface area contributed by atoms with E-state index < -0.39 is 0 Å². The lowest BCUT2D eigenvalue weighted by Crippen LogP contribution is -2.24. The normalized spacial score (nSPS) is 12.8. The van der Waals surface area contributed by atoms with E-state index in [0.29, 0.717) is 0 Å². The Hall–Kier alpha value is -0.820. The van der Waals surface area contributed by atoms with Gasteiger partial charge in [0, 0.05) is 0 Å². The zero-order chi connectivity index (χ0) is 13.9. The summed E-state index contributed by atoms with van der Waals surface area (Å²) in [5.74, 6) is 1.65. The van der Waals surface area contributed by atoms with Gasteiger partial charge in [0.2, 0.25) is 0 Å². The number of hydrogen-bond donors (Lipinski definition) is 1. The van der Waals surface area contributed by atoms with Gasteiger partial charge in [-0.3, -0.25) is 0 Å². The van der Waals surface area contributed by atoms with Crippen LogP contribution in [0.1, 0.15) is 52.0 Å². The second-order valence-electron chi connectivity index (χ2n) is 6.07. The second kappa shape index (κ2) is 10.0. The molecular weight excluding hydrogens is 230 g/mol. The Balaban J connectivity index is 2.34. The fourth-order valence-electron chi connectivity index (χ4n) is 2.42. The maximum atomic E-state index is 3.60. The summed E-state index contributed by atoms with van der Waals surface area (Å²) < 4.78 is 0. The quantitative estimate of drug-likeness (QED) is 0.603. The van der Waals surface area contributed by atoms with Crippen LogP contribution in [-0.4, -0.2) is 13.1 Å². The molecule has 0 spiro atoms. The van der Waals surface area contributed by atoms with Crippen LogP contribution in [0.5, 0.6) is 0 Å². The molecule has 108 valence electrons. The van der Waals surface area contributed by atoms with Crippen molar-refractivity contribution in [2.45, 2.75) is 52.9 Å². The van der Waals surface area contributed by atoms with Gasteiger partial charge in [-0.05, 0) is 56.2 Å². The van der Waals surface area contributed by atoms with Gasteiger partial charge >= 0.3 is 0 Å². The minimum atomic E-state index is 0.824. The van der Waals surface area contributed by atoms with Crippen molar-refractivity contribution in [3.05, 3.63) is 35.9 Å². The molecule has 0 bridgehead atoms. The van der Waals surface area contributed by atoms with Crippen molar-refractivity contribution in [2.75, 3.05) is 13.1 Å². The lowest BCUT2D eigenvalue weighted by Gasteiger charge is -2.18. The highest BCUT2D eigenvalue weighted by Gasteiger charge is 2.09. The van der Waals surface area contributed by atoms with E-state index in [9.17, 15) is 0 Å². The molecule has 19 heavy (non-hydrogen) atoms. The van der Waals surface area contributed by atoms with E-state index in [1.807, 2.05) is 0 Å². The van der Waals surface area contributed by atoms with Crippen LogP contribution in [0.25, 0.3) is 0 Å². The second-order valence-corrected chi connectivity index (χ2v) is 6.07. The average molecular weight is 261 g/mol. The molecule has 0 aromatic heterocycles. The van der Waals surface area contributed by atoms with E-state index in [1.165, 1.54) is 44.2 Å². The van der Waals surface area contributed by atoms with E-state index in [1.54, 1.807) is 0 Å². The smallest absolute Gasteiger partial charge is 0.00204 e. The molecule has 0 saturated heterocycles. The Labute approximate surface area is 119 Å². The first-order valence-electron chi connectivity index (χ1n) is 7.97. The maximum absolute atomic E-state index is 3.60. The summed E-state index contributed by atoms with van der Waals surface area (Å²) in [6, 6.07) is 10.9. The van der Waals surface area contributed by atoms with Gasteiger partial charge in [0.1, 0.15) is 0 Å². The molecule has 1 aromatic carbocycles. The van der Waals surface area contributed by atoms with Gasteiger partial charge in [-0.25, -0.2) is 0 Å². The molecule has 1 nitrogen and oxygen atoms in total. The first-order chi connectivity index (χ1) is 9.22. The monoisotopic (exact) mass is 261 g/mol. The SMILES string of the molecule is CCCNCC(CCc1ccccc1)CCC(C)C. The van der Waals surface area contributed by atoms with Gasteiger partial charge in [0.15, 0.2) is 0 Å². The van der Waals surface area contributed by atoms with Crippen LogP contribution < -0.4 is 5.32 Å². The van der Waals surface area contributed by atoms with Crippen molar-refractivity contribution in [1.29, 1.82) is 0 Å². The van der Waals surface area contributed by atoms with Crippen LogP contribution in [-0.2, 0) is 6.42 Å². The van der Waals surface area contributed by atoms with Gasteiger partial charge in [0.25, 0.3) is 0 Å². The highest BCUT2D eigenvalue weighted by atomic mass is 14.8. The van der Waals surface area contributed by atoms with Crippen molar-refractivity contribution in [3.8, 4) is 0 Å². The Bertz CT molecular complexity index is 305. The van der Waals surface area contributed by atoms with Crippen LogP contribution in [0.3, 0.4) is 0 Å². The van der Waals surface area contributed by atoms with Crippen molar-refractivity contribution in [3.63, 3.8) is 0 Å². The molecule has 0 radical (unpaired) electrons. The van der Waals surface area contributed by atoms with Gasteiger partial charge < -0.3 is 5.32 Å². The minimum Gasteiger partial charge on any atom is -0.316 e. The van der Waals surface area contributed by atoms with Crippen LogP contribution in [0.4, 0.5) is 0 Å². The van der Waals surface area contributed by atoms with Crippen LogP contribution in [0, 0.1) is 11.8 Å². The standard InChI is InChI=1S/C18H31N/c1-4-14-19-15-18(11-10-16(2)3)13-12-17-8-6-5-7-9-17/h5-9,16,18-19H,4,10-15H2,1-3H3. The predicted octanol–water partition coefficient (Wildman–Crippen LogP) is 4.67. The third-order valence-electron chi connectivity index (χ3n) is 3.70. The molecule has 0 aliphatic carbocycles. The predicted molar refractivity (Wildman–Crippen MR) is 85.5 cm³/mol. The third kappa shape index (κ3) is 8.05. The summed E-state index contributed by atoms with van der Waals surface area (Å²) in [4.78, 5) is 0. The summed E-state index contributed by atoms with van der Waals surface area (Å²) in [6.07, 6.45) is 6.48. The van der Waals surface area contributed by atoms with Crippen molar-refractivity contribution >= 4 is 0 Å². The average Bonchev–Trinajstić information content (AvgIpc) is 2.42. The molecule has 0 aliphatic heterocycles. The lowest BCUT2D eigenvalue weighted by molar-refractivity contribution is 0.381. The number of nitrogens with one attached hydrogen (secondary N) is 1. The molecule has 0 saturated carbocycles. The highest BCUT2D eigenvalue weighted by molar-refractivity contribution is 5.14. The molecule has 1 heteroatoms. The van der Waals surface area contributed by atoms with Crippen LogP contribution >= 0.6 is 0 Å². The van der Waals surface area contributed by atoms with Crippen molar-refractivity contribution in [2.24, 2.45) is 11.8 Å². The molecule has 1 unspecified atom stereocenters. The zero-order valence-corrected chi connectivity index (χ0v) is 13.0. The molecule has 1 aromatic rings.